The molecule has 1 aromatic rings. The highest BCUT2D eigenvalue weighted by atomic mass is 16.6. The number of ether oxygens (including phenoxy) is 4. The van der Waals surface area contributed by atoms with Crippen LogP contribution in [0.1, 0.15) is 38.7 Å². The molecule has 0 bridgehead atoms. The molecule has 174 valence electrons. The van der Waals surface area contributed by atoms with Crippen molar-refractivity contribution in [2.75, 3.05) is 33.0 Å². The standard InChI is InChI=1S/C26H31N3O4/c1-3-5-25(32-15-19-6-4-11-30-14-19)24(13-28)26(23(12-27)18(2)29)20-7-9-21(10-8-20)33-22-16-31-17-22/h5,7-10,19,22H,3-4,6,11,14-17,29H2,1-2H3/b23-18+,25-5-,26-24-. The molecule has 3 rings (SSSR count). The van der Waals surface area contributed by atoms with Crippen LogP contribution in [0.3, 0.4) is 0 Å². The van der Waals surface area contributed by atoms with Gasteiger partial charge in [0.1, 0.15) is 35.3 Å². The second-order valence-electron chi connectivity index (χ2n) is 8.20. The van der Waals surface area contributed by atoms with Gasteiger partial charge in [0, 0.05) is 23.8 Å². The highest BCUT2D eigenvalue weighted by Crippen LogP contribution is 2.33. The number of nitriles is 2. The van der Waals surface area contributed by atoms with Crippen LogP contribution in [-0.2, 0) is 14.2 Å². The Kier molecular flexibility index (Phi) is 8.95. The molecule has 0 radical (unpaired) electrons. The number of nitrogens with two attached hydrogens (primary N) is 1. The third-order valence-electron chi connectivity index (χ3n) is 5.54. The van der Waals surface area contributed by atoms with E-state index in [1.807, 2.05) is 37.3 Å². The zero-order chi connectivity index (χ0) is 23.6. The molecule has 1 aromatic carbocycles. The molecule has 0 aromatic heterocycles. The summed E-state index contributed by atoms with van der Waals surface area (Å²) in [4.78, 5) is 0. The molecule has 0 saturated carbocycles. The van der Waals surface area contributed by atoms with Crippen molar-refractivity contribution in [3.8, 4) is 17.9 Å². The zero-order valence-corrected chi connectivity index (χ0v) is 19.3. The summed E-state index contributed by atoms with van der Waals surface area (Å²) in [5.74, 6) is 1.44. The Bertz CT molecular complexity index is 982. The number of hydrogen-bond donors (Lipinski definition) is 1. The molecule has 2 N–H and O–H groups in total. The third-order valence-corrected chi connectivity index (χ3v) is 5.54. The van der Waals surface area contributed by atoms with Gasteiger partial charge in [-0.2, -0.15) is 10.5 Å². The minimum atomic E-state index is 0.0534. The Labute approximate surface area is 195 Å². The van der Waals surface area contributed by atoms with Gasteiger partial charge in [0.15, 0.2) is 0 Å². The van der Waals surface area contributed by atoms with Gasteiger partial charge in [-0.15, -0.1) is 0 Å². The third kappa shape index (κ3) is 6.38. The highest BCUT2D eigenvalue weighted by Gasteiger charge is 2.23. The fourth-order valence-corrected chi connectivity index (χ4v) is 3.73. The first kappa shape index (κ1) is 24.4. The lowest BCUT2D eigenvalue weighted by molar-refractivity contribution is -0.0796. The second-order valence-corrected chi connectivity index (χ2v) is 8.20. The molecule has 0 amide bonds. The molecule has 2 aliphatic rings. The summed E-state index contributed by atoms with van der Waals surface area (Å²) in [6.07, 6.45) is 4.63. The van der Waals surface area contributed by atoms with E-state index < -0.39 is 0 Å². The molecule has 7 nitrogen and oxygen atoms in total. The van der Waals surface area contributed by atoms with Crippen molar-refractivity contribution in [1.29, 1.82) is 10.5 Å². The molecule has 2 heterocycles. The first-order chi connectivity index (χ1) is 16.1. The summed E-state index contributed by atoms with van der Waals surface area (Å²) in [6, 6.07) is 11.8. The van der Waals surface area contributed by atoms with Crippen LogP contribution in [0.25, 0.3) is 5.57 Å². The Hall–Kier alpha value is -3.26. The first-order valence-corrected chi connectivity index (χ1v) is 11.3. The number of allylic oxidation sites excluding steroid dienone is 5. The molecule has 2 aliphatic heterocycles. The molecular weight excluding hydrogens is 418 g/mol. The quantitative estimate of drug-likeness (QED) is 0.341. The van der Waals surface area contributed by atoms with Gasteiger partial charge in [-0.25, -0.2) is 0 Å². The first-order valence-electron chi connectivity index (χ1n) is 11.3. The molecule has 7 heteroatoms. The normalized spacial score (nSPS) is 20.5. The number of benzene rings is 1. The molecule has 2 fully saturated rings. The zero-order valence-electron chi connectivity index (χ0n) is 19.3. The second kappa shape index (κ2) is 12.1. The summed E-state index contributed by atoms with van der Waals surface area (Å²) in [6.45, 7) is 6.67. The molecule has 1 unspecified atom stereocenters. The maximum Gasteiger partial charge on any atom is 0.145 e. The monoisotopic (exact) mass is 449 g/mol. The average molecular weight is 450 g/mol. The largest absolute Gasteiger partial charge is 0.492 e. The summed E-state index contributed by atoms with van der Waals surface area (Å²) >= 11 is 0. The lowest BCUT2D eigenvalue weighted by Crippen LogP contribution is -2.38. The molecule has 0 aliphatic carbocycles. The van der Waals surface area contributed by atoms with Crippen LogP contribution in [0.4, 0.5) is 0 Å². The van der Waals surface area contributed by atoms with Crippen LogP contribution < -0.4 is 10.5 Å². The van der Waals surface area contributed by atoms with Gasteiger partial charge in [0.05, 0.1) is 32.0 Å². The van der Waals surface area contributed by atoms with Gasteiger partial charge in [0.25, 0.3) is 0 Å². The van der Waals surface area contributed by atoms with Gasteiger partial charge in [0.2, 0.25) is 0 Å². The predicted molar refractivity (Wildman–Crippen MR) is 125 cm³/mol. The van der Waals surface area contributed by atoms with Crippen LogP contribution in [0.2, 0.25) is 0 Å². The van der Waals surface area contributed by atoms with Crippen LogP contribution >= 0.6 is 0 Å². The molecule has 0 spiro atoms. The van der Waals surface area contributed by atoms with Crippen LogP contribution in [0, 0.1) is 28.6 Å². The minimum absolute atomic E-state index is 0.0534. The van der Waals surface area contributed by atoms with Gasteiger partial charge < -0.3 is 24.7 Å². The van der Waals surface area contributed by atoms with Crippen molar-refractivity contribution in [3.63, 3.8) is 0 Å². The number of hydrogen-bond acceptors (Lipinski definition) is 7. The minimum Gasteiger partial charge on any atom is -0.492 e. The smallest absolute Gasteiger partial charge is 0.145 e. The van der Waals surface area contributed by atoms with Crippen LogP contribution in [-0.4, -0.2) is 39.1 Å². The van der Waals surface area contributed by atoms with E-state index in [0.717, 1.165) is 19.4 Å². The van der Waals surface area contributed by atoms with Crippen molar-refractivity contribution >= 4 is 5.57 Å². The van der Waals surface area contributed by atoms with E-state index in [4.69, 9.17) is 24.7 Å². The Balaban J connectivity index is 1.98. The van der Waals surface area contributed by atoms with E-state index in [2.05, 4.69) is 12.1 Å². The van der Waals surface area contributed by atoms with E-state index in [-0.39, 0.29) is 23.2 Å². The van der Waals surface area contributed by atoms with Crippen LogP contribution in [0.5, 0.6) is 5.75 Å². The maximum absolute atomic E-state index is 10.2. The fourth-order valence-electron chi connectivity index (χ4n) is 3.73. The maximum atomic E-state index is 10.2. The van der Waals surface area contributed by atoms with Crippen molar-refractivity contribution in [2.45, 2.75) is 39.2 Å². The molecule has 2 saturated heterocycles. The lowest BCUT2D eigenvalue weighted by atomic mass is 9.91. The lowest BCUT2D eigenvalue weighted by Gasteiger charge is -2.26. The predicted octanol–water partition coefficient (Wildman–Crippen LogP) is 4.23. The van der Waals surface area contributed by atoms with Crippen molar-refractivity contribution < 1.29 is 18.9 Å². The van der Waals surface area contributed by atoms with Crippen LogP contribution in [0.15, 0.2) is 52.9 Å². The molecular formula is C26H31N3O4. The summed E-state index contributed by atoms with van der Waals surface area (Å²) < 4.78 is 22.7. The summed E-state index contributed by atoms with van der Waals surface area (Å²) in [5.41, 5.74) is 8.08. The highest BCUT2D eigenvalue weighted by molar-refractivity contribution is 5.89. The summed E-state index contributed by atoms with van der Waals surface area (Å²) in [5, 5.41) is 20.1. The average Bonchev–Trinajstić information content (AvgIpc) is 2.80. The van der Waals surface area contributed by atoms with Gasteiger partial charge in [-0.3, -0.25) is 0 Å². The van der Waals surface area contributed by atoms with E-state index in [1.165, 1.54) is 0 Å². The van der Waals surface area contributed by atoms with Gasteiger partial charge in [-0.1, -0.05) is 19.1 Å². The number of nitrogens with zero attached hydrogens (tertiary/aromatic N) is 2. The van der Waals surface area contributed by atoms with E-state index in [1.54, 1.807) is 6.92 Å². The molecule has 1 atom stereocenters. The van der Waals surface area contributed by atoms with Gasteiger partial charge >= 0.3 is 0 Å². The topological polar surface area (TPSA) is 111 Å². The van der Waals surface area contributed by atoms with Crippen molar-refractivity contribution in [1.82, 2.24) is 0 Å². The Morgan fingerprint density at radius 3 is 2.36 bits per heavy atom. The summed E-state index contributed by atoms with van der Waals surface area (Å²) in [7, 11) is 0. The van der Waals surface area contributed by atoms with E-state index in [9.17, 15) is 10.5 Å². The fraction of sp³-hybridized carbons (Fsp3) is 0.462. The van der Waals surface area contributed by atoms with Crippen molar-refractivity contribution in [3.05, 3.63) is 58.5 Å². The van der Waals surface area contributed by atoms with Crippen molar-refractivity contribution in [2.24, 2.45) is 11.7 Å². The Morgan fingerprint density at radius 1 is 1.12 bits per heavy atom. The van der Waals surface area contributed by atoms with E-state index in [0.29, 0.717) is 61.2 Å². The van der Waals surface area contributed by atoms with Gasteiger partial charge in [-0.05, 0) is 50.0 Å². The van der Waals surface area contributed by atoms with E-state index >= 15 is 0 Å². The Morgan fingerprint density at radius 2 is 1.85 bits per heavy atom. The molecule has 33 heavy (non-hydrogen) atoms. The number of rotatable bonds is 9. The SMILES string of the molecule is CC/C=C(OCC1CCCOC1)/C(C#N)=C(\C(C#N)=C(/C)N)c1ccc(OC2COC2)cc1.